The lowest BCUT2D eigenvalue weighted by molar-refractivity contribution is -0.277. The van der Waals surface area contributed by atoms with Gasteiger partial charge in [-0.2, -0.15) is 0 Å². The molecule has 2 aromatic carbocycles. The van der Waals surface area contributed by atoms with Gasteiger partial charge in [0, 0.05) is 12.8 Å². The highest BCUT2D eigenvalue weighted by molar-refractivity contribution is 6.67. The highest BCUT2D eigenvalue weighted by atomic mass is 35.6. The molecule has 3 rings (SSSR count). The Kier molecular flexibility index (Phi) is 15.7. The van der Waals surface area contributed by atoms with E-state index in [-0.39, 0.29) is 49.4 Å². The van der Waals surface area contributed by atoms with Crippen molar-refractivity contribution in [2.75, 3.05) is 13.2 Å². The first-order valence-corrected chi connectivity index (χ1v) is 16.3. The molecule has 0 unspecified atom stereocenters. The lowest BCUT2D eigenvalue weighted by Gasteiger charge is -2.45. The molecule has 1 heterocycles. The van der Waals surface area contributed by atoms with E-state index < -0.39 is 71.7 Å². The number of benzene rings is 2. The molecule has 0 aliphatic carbocycles. The van der Waals surface area contributed by atoms with Gasteiger partial charge in [0.2, 0.25) is 3.79 Å². The number of rotatable bonds is 16. The summed E-state index contributed by atoms with van der Waals surface area (Å²) in [5.74, 6) is -3.03. The second kappa shape index (κ2) is 19.4. The standard InChI is InChI=1S/C33H36Cl3NO12/c1-20(38)13-15-25(40)44-18-24-28(48-26(41)16-14-21(2)39)29(49-30(42)23-11-7-4-8-12-23)27(37-32(43)46-19-33(34,35)36)31(47-24)45-17-22-9-5-3-6-10-22/h3-12,24,27-29,31H,13-19H2,1-2H3,(H,37,43)/t24-,27-,28-,29+,31-/m1/s1. The summed E-state index contributed by atoms with van der Waals surface area (Å²) in [6, 6.07) is 15.3. The van der Waals surface area contributed by atoms with Gasteiger partial charge >= 0.3 is 24.0 Å². The van der Waals surface area contributed by atoms with Gasteiger partial charge in [-0.25, -0.2) is 9.59 Å². The number of carbonyl (C=O) groups is 6. The van der Waals surface area contributed by atoms with Crippen molar-refractivity contribution < 1.29 is 57.2 Å². The number of ketones is 2. The number of carbonyl (C=O) groups excluding carboxylic acids is 6. The van der Waals surface area contributed by atoms with Crippen LogP contribution in [0.15, 0.2) is 60.7 Å². The molecule has 0 saturated carbocycles. The summed E-state index contributed by atoms with van der Waals surface area (Å²) in [5.41, 5.74) is 0.814. The van der Waals surface area contributed by atoms with Crippen molar-refractivity contribution >= 4 is 70.4 Å². The van der Waals surface area contributed by atoms with E-state index in [1.807, 2.05) is 0 Å². The molecular formula is C33H36Cl3NO12. The van der Waals surface area contributed by atoms with Crippen molar-refractivity contribution in [2.24, 2.45) is 0 Å². The second-order valence-corrected chi connectivity index (χ2v) is 13.5. The van der Waals surface area contributed by atoms with Crippen molar-refractivity contribution in [3.05, 3.63) is 71.8 Å². The Bertz CT molecular complexity index is 1440. The van der Waals surface area contributed by atoms with Crippen LogP contribution in [-0.2, 0) is 54.2 Å². The molecule has 0 radical (unpaired) electrons. The van der Waals surface area contributed by atoms with E-state index in [4.69, 9.17) is 63.2 Å². The molecule has 1 amide bonds. The lowest BCUT2D eigenvalue weighted by Crippen LogP contribution is -2.67. The summed E-state index contributed by atoms with van der Waals surface area (Å²) in [5, 5.41) is 2.50. The van der Waals surface area contributed by atoms with Crippen LogP contribution in [0.3, 0.4) is 0 Å². The maximum absolute atomic E-state index is 13.5. The zero-order chi connectivity index (χ0) is 36.0. The zero-order valence-corrected chi connectivity index (χ0v) is 28.9. The maximum atomic E-state index is 13.5. The Balaban J connectivity index is 2.03. The van der Waals surface area contributed by atoms with Crippen LogP contribution in [0.4, 0.5) is 4.79 Å². The Labute approximate surface area is 297 Å². The first-order valence-electron chi connectivity index (χ1n) is 15.1. The summed E-state index contributed by atoms with van der Waals surface area (Å²) < 4.78 is 32.3. The number of hydrogen-bond acceptors (Lipinski definition) is 12. The average molecular weight is 745 g/mol. The van der Waals surface area contributed by atoms with Gasteiger partial charge in [-0.05, 0) is 31.5 Å². The second-order valence-electron chi connectivity index (χ2n) is 11.0. The van der Waals surface area contributed by atoms with Crippen LogP contribution in [0.2, 0.25) is 0 Å². The molecule has 13 nitrogen and oxygen atoms in total. The van der Waals surface area contributed by atoms with E-state index in [2.05, 4.69) is 5.32 Å². The molecule has 0 spiro atoms. The third-order valence-corrected chi connectivity index (χ3v) is 7.17. The van der Waals surface area contributed by atoms with Crippen LogP contribution in [0.5, 0.6) is 0 Å². The largest absolute Gasteiger partial charge is 0.463 e. The van der Waals surface area contributed by atoms with Crippen molar-refractivity contribution in [2.45, 2.75) is 80.6 Å². The number of halogens is 3. The topological polar surface area (TPSA) is 170 Å². The van der Waals surface area contributed by atoms with Gasteiger partial charge in [0.15, 0.2) is 18.5 Å². The molecule has 1 fully saturated rings. The third kappa shape index (κ3) is 14.3. The predicted octanol–water partition coefficient (Wildman–Crippen LogP) is 4.81. The molecule has 5 atom stereocenters. The average Bonchev–Trinajstić information content (AvgIpc) is 3.06. The molecular weight excluding hydrogens is 709 g/mol. The molecule has 49 heavy (non-hydrogen) atoms. The molecule has 2 aromatic rings. The molecule has 1 aliphatic rings. The number of ether oxygens (including phenoxy) is 6. The monoisotopic (exact) mass is 743 g/mol. The van der Waals surface area contributed by atoms with E-state index in [1.54, 1.807) is 48.5 Å². The lowest BCUT2D eigenvalue weighted by atomic mass is 9.96. The molecule has 1 saturated heterocycles. The van der Waals surface area contributed by atoms with Crippen LogP contribution >= 0.6 is 34.8 Å². The highest BCUT2D eigenvalue weighted by Gasteiger charge is 2.52. The van der Waals surface area contributed by atoms with Crippen LogP contribution < -0.4 is 5.32 Å². The minimum atomic E-state index is -1.96. The van der Waals surface area contributed by atoms with Crippen molar-refractivity contribution in [1.82, 2.24) is 5.32 Å². The van der Waals surface area contributed by atoms with Crippen molar-refractivity contribution in [1.29, 1.82) is 0 Å². The maximum Gasteiger partial charge on any atom is 0.407 e. The Morgan fingerprint density at radius 2 is 1.35 bits per heavy atom. The number of esters is 3. The Morgan fingerprint density at radius 1 is 0.755 bits per heavy atom. The van der Waals surface area contributed by atoms with E-state index in [1.165, 1.54) is 26.0 Å². The first-order chi connectivity index (χ1) is 23.2. The van der Waals surface area contributed by atoms with Gasteiger partial charge in [-0.1, -0.05) is 83.3 Å². The van der Waals surface area contributed by atoms with Gasteiger partial charge in [0.05, 0.1) is 25.0 Å². The molecule has 0 bridgehead atoms. The SMILES string of the molecule is CC(=O)CCC(=O)OC[C@H]1O[C@@H](OCc2ccccc2)[C@H](NC(=O)OCC(Cl)(Cl)Cl)[C@H](OC(=O)c2ccccc2)[C@@H]1OC(=O)CCC(C)=O. The number of alkyl carbamates (subject to hydrolysis) is 1. The predicted molar refractivity (Wildman–Crippen MR) is 175 cm³/mol. The molecule has 16 heteroatoms. The van der Waals surface area contributed by atoms with E-state index in [0.29, 0.717) is 5.56 Å². The summed E-state index contributed by atoms with van der Waals surface area (Å²) in [4.78, 5) is 75.0. The molecule has 0 aromatic heterocycles. The highest BCUT2D eigenvalue weighted by Crippen LogP contribution is 2.30. The summed E-state index contributed by atoms with van der Waals surface area (Å²) in [7, 11) is 0. The fourth-order valence-electron chi connectivity index (χ4n) is 4.47. The van der Waals surface area contributed by atoms with E-state index >= 15 is 0 Å². The van der Waals surface area contributed by atoms with E-state index in [0.717, 1.165) is 0 Å². The van der Waals surface area contributed by atoms with Gasteiger partial charge in [0.25, 0.3) is 0 Å². The van der Waals surface area contributed by atoms with Gasteiger partial charge in [-0.3, -0.25) is 9.59 Å². The van der Waals surface area contributed by atoms with Gasteiger partial charge < -0.3 is 43.3 Å². The third-order valence-electron chi connectivity index (χ3n) is 6.85. The fraction of sp³-hybridized carbons (Fsp3) is 0.455. The summed E-state index contributed by atoms with van der Waals surface area (Å²) in [6.45, 7) is 1.34. The Morgan fingerprint density at radius 3 is 1.94 bits per heavy atom. The first kappa shape index (κ1) is 39.7. The van der Waals surface area contributed by atoms with Crippen LogP contribution in [0, 0.1) is 0 Å². The number of alkyl halides is 3. The number of nitrogens with one attached hydrogen (secondary N) is 1. The number of Topliss-reactive ketones (excluding diaryl/α,β-unsaturated/α-hetero) is 2. The van der Waals surface area contributed by atoms with Crippen molar-refractivity contribution in [3.8, 4) is 0 Å². The Hall–Kier alpha value is -3.75. The number of hydrogen-bond donors (Lipinski definition) is 1. The number of amides is 1. The molecule has 1 aliphatic heterocycles. The van der Waals surface area contributed by atoms with Crippen LogP contribution in [-0.4, -0.2) is 83.2 Å². The van der Waals surface area contributed by atoms with Crippen LogP contribution in [0.25, 0.3) is 0 Å². The minimum Gasteiger partial charge on any atom is -0.463 e. The summed E-state index contributed by atoms with van der Waals surface area (Å²) in [6.07, 6.45) is -7.82. The van der Waals surface area contributed by atoms with Crippen molar-refractivity contribution in [3.63, 3.8) is 0 Å². The zero-order valence-electron chi connectivity index (χ0n) is 26.6. The normalized spacial score (nSPS) is 20.4. The van der Waals surface area contributed by atoms with Gasteiger partial charge in [0.1, 0.15) is 36.9 Å². The smallest absolute Gasteiger partial charge is 0.407 e. The van der Waals surface area contributed by atoms with Crippen LogP contribution in [0.1, 0.15) is 55.5 Å². The quantitative estimate of drug-likeness (QED) is 0.142. The minimum absolute atomic E-state index is 0.0690. The summed E-state index contributed by atoms with van der Waals surface area (Å²) >= 11 is 17.2. The molecule has 266 valence electrons. The van der Waals surface area contributed by atoms with E-state index in [9.17, 15) is 28.8 Å². The molecule has 1 N–H and O–H groups in total. The fourth-order valence-corrected chi connectivity index (χ4v) is 4.64. The van der Waals surface area contributed by atoms with Gasteiger partial charge in [-0.15, -0.1) is 0 Å².